The van der Waals surface area contributed by atoms with E-state index in [9.17, 15) is 14.7 Å². The Bertz CT molecular complexity index is 349. The smallest absolute Gasteiger partial charge is 0.225 e. The van der Waals surface area contributed by atoms with Gasteiger partial charge in [-0.1, -0.05) is 0 Å². The molecule has 2 aliphatic rings. The Morgan fingerprint density at radius 2 is 2.32 bits per heavy atom. The van der Waals surface area contributed by atoms with E-state index in [1.165, 1.54) is 0 Å². The van der Waals surface area contributed by atoms with Gasteiger partial charge in [0.1, 0.15) is 0 Å². The van der Waals surface area contributed by atoms with Crippen molar-refractivity contribution in [2.75, 3.05) is 33.4 Å². The van der Waals surface area contributed by atoms with Crippen LogP contribution in [0, 0.1) is 5.92 Å². The molecule has 1 saturated heterocycles. The third-order valence-electron chi connectivity index (χ3n) is 4.15. The first-order valence-corrected chi connectivity index (χ1v) is 6.80. The summed E-state index contributed by atoms with van der Waals surface area (Å²) in [7, 11) is 1.59. The molecule has 1 atom stereocenters. The Hall–Kier alpha value is -1.14. The quantitative estimate of drug-likeness (QED) is 0.683. The van der Waals surface area contributed by atoms with Crippen molar-refractivity contribution in [3.63, 3.8) is 0 Å². The highest BCUT2D eigenvalue weighted by Crippen LogP contribution is 2.32. The summed E-state index contributed by atoms with van der Waals surface area (Å²) < 4.78 is 4.94. The number of carbonyl (C=O) groups is 2. The third kappa shape index (κ3) is 3.06. The molecule has 0 aromatic rings. The zero-order valence-electron chi connectivity index (χ0n) is 11.4. The van der Waals surface area contributed by atoms with E-state index >= 15 is 0 Å². The lowest BCUT2D eigenvalue weighted by Gasteiger charge is -2.41. The topological polar surface area (TPSA) is 78.9 Å². The Labute approximate surface area is 113 Å². The number of rotatable bonds is 6. The van der Waals surface area contributed by atoms with E-state index in [0.29, 0.717) is 19.7 Å². The van der Waals surface area contributed by atoms with E-state index in [2.05, 4.69) is 5.32 Å². The summed E-state index contributed by atoms with van der Waals surface area (Å²) >= 11 is 0. The number of ether oxygens (including phenoxy) is 1. The molecule has 108 valence electrons. The number of amides is 2. The van der Waals surface area contributed by atoms with Gasteiger partial charge in [0.05, 0.1) is 24.7 Å². The van der Waals surface area contributed by atoms with E-state index in [4.69, 9.17) is 4.74 Å². The second kappa shape index (κ2) is 5.88. The highest BCUT2D eigenvalue weighted by Gasteiger charge is 2.41. The van der Waals surface area contributed by atoms with Gasteiger partial charge in [0.2, 0.25) is 11.8 Å². The van der Waals surface area contributed by atoms with Crippen LogP contribution in [-0.4, -0.2) is 60.8 Å². The van der Waals surface area contributed by atoms with Crippen molar-refractivity contribution in [1.29, 1.82) is 0 Å². The number of aliphatic hydroxyl groups is 1. The minimum absolute atomic E-state index is 0.00357. The fourth-order valence-electron chi connectivity index (χ4n) is 2.65. The lowest BCUT2D eigenvalue weighted by Crippen LogP contribution is -2.57. The molecule has 0 bridgehead atoms. The predicted octanol–water partition coefficient (Wildman–Crippen LogP) is -0.487. The van der Waals surface area contributed by atoms with Gasteiger partial charge in [-0.3, -0.25) is 9.59 Å². The molecule has 2 amide bonds. The molecule has 2 rings (SSSR count). The van der Waals surface area contributed by atoms with Crippen LogP contribution in [0.1, 0.15) is 25.7 Å². The van der Waals surface area contributed by atoms with Gasteiger partial charge < -0.3 is 20.1 Å². The van der Waals surface area contributed by atoms with E-state index < -0.39 is 5.54 Å². The molecule has 1 heterocycles. The van der Waals surface area contributed by atoms with E-state index in [1.807, 2.05) is 0 Å². The predicted molar refractivity (Wildman–Crippen MR) is 68.4 cm³/mol. The molecule has 1 aliphatic carbocycles. The molecule has 0 aromatic carbocycles. The van der Waals surface area contributed by atoms with Crippen LogP contribution in [-0.2, 0) is 14.3 Å². The molecule has 6 nitrogen and oxygen atoms in total. The van der Waals surface area contributed by atoms with Gasteiger partial charge in [-0.25, -0.2) is 0 Å². The van der Waals surface area contributed by atoms with Crippen LogP contribution >= 0.6 is 0 Å². The first-order chi connectivity index (χ1) is 9.10. The van der Waals surface area contributed by atoms with Gasteiger partial charge in [0, 0.05) is 26.6 Å². The van der Waals surface area contributed by atoms with Crippen molar-refractivity contribution < 1.29 is 19.4 Å². The Kier molecular flexibility index (Phi) is 4.42. The molecular weight excluding hydrogens is 248 g/mol. The monoisotopic (exact) mass is 270 g/mol. The van der Waals surface area contributed by atoms with Crippen LogP contribution in [0.15, 0.2) is 0 Å². The lowest BCUT2D eigenvalue weighted by molar-refractivity contribution is -0.130. The van der Waals surface area contributed by atoms with Crippen LogP contribution in [0.4, 0.5) is 0 Å². The standard InChI is InChI=1S/C13H22N2O4/c1-19-6-5-15-8-10(7-11(15)17)12(18)14-13(9-16)3-2-4-13/h10,16H,2-9H2,1H3,(H,14,18). The molecule has 0 aromatic heterocycles. The van der Waals surface area contributed by atoms with Crippen LogP contribution in [0.2, 0.25) is 0 Å². The zero-order valence-corrected chi connectivity index (χ0v) is 11.4. The Balaban J connectivity index is 1.85. The highest BCUT2D eigenvalue weighted by atomic mass is 16.5. The van der Waals surface area contributed by atoms with Crippen molar-refractivity contribution >= 4 is 11.8 Å². The highest BCUT2D eigenvalue weighted by molar-refractivity contribution is 5.89. The number of nitrogens with one attached hydrogen (secondary N) is 1. The molecule has 2 N–H and O–H groups in total. The van der Waals surface area contributed by atoms with Crippen molar-refractivity contribution in [3.8, 4) is 0 Å². The normalized spacial score (nSPS) is 25.3. The molecule has 0 spiro atoms. The number of hydrogen-bond donors (Lipinski definition) is 2. The van der Waals surface area contributed by atoms with Crippen LogP contribution in [0.3, 0.4) is 0 Å². The van der Waals surface area contributed by atoms with E-state index in [1.54, 1.807) is 12.0 Å². The molecule has 1 unspecified atom stereocenters. The summed E-state index contributed by atoms with van der Waals surface area (Å²) in [6.07, 6.45) is 2.94. The molecule has 19 heavy (non-hydrogen) atoms. The van der Waals surface area contributed by atoms with Crippen LogP contribution < -0.4 is 5.32 Å². The average molecular weight is 270 g/mol. The fourth-order valence-corrected chi connectivity index (χ4v) is 2.65. The summed E-state index contributed by atoms with van der Waals surface area (Å²) in [5.41, 5.74) is -0.430. The maximum Gasteiger partial charge on any atom is 0.225 e. The summed E-state index contributed by atoms with van der Waals surface area (Å²) in [5.74, 6) is -0.403. The maximum atomic E-state index is 12.1. The van der Waals surface area contributed by atoms with Gasteiger partial charge >= 0.3 is 0 Å². The van der Waals surface area contributed by atoms with E-state index in [-0.39, 0.29) is 30.8 Å². The van der Waals surface area contributed by atoms with Gasteiger partial charge in [-0.05, 0) is 19.3 Å². The number of hydrogen-bond acceptors (Lipinski definition) is 4. The molecule has 0 radical (unpaired) electrons. The van der Waals surface area contributed by atoms with Gasteiger partial charge in [-0.15, -0.1) is 0 Å². The maximum absolute atomic E-state index is 12.1. The third-order valence-corrected chi connectivity index (χ3v) is 4.15. The second-order valence-electron chi connectivity index (χ2n) is 5.51. The zero-order chi connectivity index (χ0) is 13.9. The number of likely N-dealkylation sites (tertiary alicyclic amines) is 1. The van der Waals surface area contributed by atoms with Crippen molar-refractivity contribution in [3.05, 3.63) is 0 Å². The number of nitrogens with zero attached hydrogens (tertiary/aromatic N) is 1. The van der Waals surface area contributed by atoms with Gasteiger partial charge in [0.15, 0.2) is 0 Å². The van der Waals surface area contributed by atoms with Crippen molar-refractivity contribution in [2.24, 2.45) is 5.92 Å². The van der Waals surface area contributed by atoms with Crippen LogP contribution in [0.25, 0.3) is 0 Å². The number of aliphatic hydroxyl groups excluding tert-OH is 1. The summed E-state index contributed by atoms with van der Waals surface area (Å²) in [5, 5.41) is 12.3. The molecule has 2 fully saturated rings. The molecule has 6 heteroatoms. The van der Waals surface area contributed by atoms with Crippen molar-refractivity contribution in [2.45, 2.75) is 31.2 Å². The Morgan fingerprint density at radius 3 is 2.84 bits per heavy atom. The largest absolute Gasteiger partial charge is 0.394 e. The number of carbonyl (C=O) groups excluding carboxylic acids is 2. The first kappa shape index (κ1) is 14.3. The summed E-state index contributed by atoms with van der Waals surface area (Å²) in [4.78, 5) is 25.6. The van der Waals surface area contributed by atoms with Gasteiger partial charge in [-0.2, -0.15) is 0 Å². The fraction of sp³-hybridized carbons (Fsp3) is 0.846. The SMILES string of the molecule is COCCN1CC(C(=O)NC2(CO)CCC2)CC1=O. The minimum Gasteiger partial charge on any atom is -0.394 e. The lowest BCUT2D eigenvalue weighted by atomic mass is 9.77. The van der Waals surface area contributed by atoms with Crippen LogP contribution in [0.5, 0.6) is 0 Å². The minimum atomic E-state index is -0.430. The number of methoxy groups -OCH3 is 1. The van der Waals surface area contributed by atoms with Crippen molar-refractivity contribution in [1.82, 2.24) is 10.2 Å². The summed E-state index contributed by atoms with van der Waals surface area (Å²) in [6.45, 7) is 1.45. The van der Waals surface area contributed by atoms with E-state index in [0.717, 1.165) is 19.3 Å². The molecule has 1 aliphatic heterocycles. The molecular formula is C13H22N2O4. The second-order valence-corrected chi connectivity index (χ2v) is 5.51. The molecule has 1 saturated carbocycles. The first-order valence-electron chi connectivity index (χ1n) is 6.80. The van der Waals surface area contributed by atoms with Gasteiger partial charge in [0.25, 0.3) is 0 Å². The Morgan fingerprint density at radius 1 is 1.58 bits per heavy atom. The average Bonchev–Trinajstić information content (AvgIpc) is 2.72. The summed E-state index contributed by atoms with van der Waals surface area (Å²) in [6, 6.07) is 0.